The molecule has 3 nitrogen and oxygen atoms in total. The molecule has 1 rings (SSSR count). The van der Waals surface area contributed by atoms with Gasteiger partial charge in [0.25, 0.3) is 0 Å². The number of rotatable bonds is 3. The Labute approximate surface area is 71.9 Å². The van der Waals surface area contributed by atoms with Crippen LogP contribution in [0.25, 0.3) is 0 Å². The molecule has 0 aliphatic carbocycles. The highest BCUT2D eigenvalue weighted by Crippen LogP contribution is 2.07. The van der Waals surface area contributed by atoms with E-state index < -0.39 is 0 Å². The fourth-order valence-electron chi connectivity index (χ4n) is 1.42. The first kappa shape index (κ1) is 9.45. The molecule has 1 aliphatic heterocycles. The Morgan fingerprint density at radius 1 is 1.42 bits per heavy atom. The summed E-state index contributed by atoms with van der Waals surface area (Å²) in [6.07, 6.45) is 2.26. The molecule has 4 heteroatoms. The number of nitrogens with zero attached hydrogens (tertiary/aromatic N) is 2. The van der Waals surface area contributed by atoms with Crippen LogP contribution in [-0.2, 0) is 0 Å². The van der Waals surface area contributed by atoms with Crippen molar-refractivity contribution in [1.82, 2.24) is 4.90 Å². The van der Waals surface area contributed by atoms with Crippen LogP contribution in [0.15, 0.2) is 5.16 Å². The molecule has 70 valence electrons. The van der Waals surface area contributed by atoms with Gasteiger partial charge in [-0.3, -0.25) is 4.39 Å². The monoisotopic (exact) mass is 174 g/mol. The molecule has 0 aromatic heterocycles. The van der Waals surface area contributed by atoms with Crippen LogP contribution in [0, 0.1) is 0 Å². The van der Waals surface area contributed by atoms with Crippen molar-refractivity contribution < 1.29 is 9.60 Å². The van der Waals surface area contributed by atoms with Crippen molar-refractivity contribution in [3.63, 3.8) is 0 Å². The second kappa shape index (κ2) is 5.09. The van der Waals surface area contributed by atoms with Crippen molar-refractivity contribution in [2.45, 2.75) is 19.3 Å². The number of oxime groups is 1. The standard InChI is InChI=1S/C8H15FN2O/c9-4-1-5-11-6-2-8(10-12)3-7-11/h12H,1-7H2. The van der Waals surface area contributed by atoms with E-state index in [9.17, 15) is 4.39 Å². The number of hydrogen-bond acceptors (Lipinski definition) is 3. The van der Waals surface area contributed by atoms with Gasteiger partial charge in [-0.1, -0.05) is 5.16 Å². The first-order chi connectivity index (χ1) is 5.86. The van der Waals surface area contributed by atoms with E-state index in [1.807, 2.05) is 0 Å². The number of halogens is 1. The van der Waals surface area contributed by atoms with Crippen LogP contribution >= 0.6 is 0 Å². The summed E-state index contributed by atoms with van der Waals surface area (Å²) in [5.74, 6) is 0. The molecule has 0 spiro atoms. The molecule has 0 aromatic carbocycles. The molecule has 1 N–H and O–H groups in total. The van der Waals surface area contributed by atoms with Crippen LogP contribution in [-0.4, -0.2) is 42.1 Å². The van der Waals surface area contributed by atoms with E-state index in [1.54, 1.807) is 0 Å². The lowest BCUT2D eigenvalue weighted by Gasteiger charge is -2.26. The van der Waals surface area contributed by atoms with E-state index in [1.165, 1.54) is 0 Å². The number of hydrogen-bond donors (Lipinski definition) is 1. The third-order valence-electron chi connectivity index (χ3n) is 2.18. The second-order valence-corrected chi connectivity index (χ2v) is 3.05. The Hall–Kier alpha value is -0.640. The molecule has 1 aliphatic rings. The van der Waals surface area contributed by atoms with Crippen molar-refractivity contribution in [3.05, 3.63) is 0 Å². The molecule has 12 heavy (non-hydrogen) atoms. The molecule has 0 aromatic rings. The minimum Gasteiger partial charge on any atom is -0.411 e. The Morgan fingerprint density at radius 3 is 2.58 bits per heavy atom. The zero-order chi connectivity index (χ0) is 8.81. The lowest BCUT2D eigenvalue weighted by Crippen LogP contribution is -2.34. The molecular weight excluding hydrogens is 159 g/mol. The number of likely N-dealkylation sites (tertiary alicyclic amines) is 1. The summed E-state index contributed by atoms with van der Waals surface area (Å²) in [5, 5.41) is 11.6. The zero-order valence-electron chi connectivity index (χ0n) is 7.17. The van der Waals surface area contributed by atoms with Crippen molar-refractivity contribution in [3.8, 4) is 0 Å². The fourth-order valence-corrected chi connectivity index (χ4v) is 1.42. The maximum absolute atomic E-state index is 11.8. The largest absolute Gasteiger partial charge is 0.411 e. The van der Waals surface area contributed by atoms with Crippen LogP contribution in [0.4, 0.5) is 4.39 Å². The Balaban J connectivity index is 2.17. The molecular formula is C8H15FN2O. The number of alkyl halides is 1. The first-order valence-corrected chi connectivity index (χ1v) is 4.35. The van der Waals surface area contributed by atoms with Crippen molar-refractivity contribution in [2.24, 2.45) is 5.16 Å². The predicted molar refractivity (Wildman–Crippen MR) is 45.5 cm³/mol. The van der Waals surface area contributed by atoms with Crippen LogP contribution in [0.3, 0.4) is 0 Å². The predicted octanol–water partition coefficient (Wildman–Crippen LogP) is 1.27. The summed E-state index contributed by atoms with van der Waals surface area (Å²) in [6.45, 7) is 2.39. The third-order valence-corrected chi connectivity index (χ3v) is 2.18. The van der Waals surface area contributed by atoms with Gasteiger partial charge in [0.15, 0.2) is 0 Å². The van der Waals surface area contributed by atoms with Gasteiger partial charge in [0.1, 0.15) is 0 Å². The van der Waals surface area contributed by atoms with Crippen molar-refractivity contribution >= 4 is 5.71 Å². The fraction of sp³-hybridized carbons (Fsp3) is 0.875. The molecule has 0 bridgehead atoms. The quantitative estimate of drug-likeness (QED) is 0.516. The van der Waals surface area contributed by atoms with E-state index in [0.717, 1.165) is 38.2 Å². The highest BCUT2D eigenvalue weighted by molar-refractivity contribution is 5.84. The van der Waals surface area contributed by atoms with E-state index in [2.05, 4.69) is 10.1 Å². The molecule has 1 heterocycles. The minimum absolute atomic E-state index is 0.239. The van der Waals surface area contributed by atoms with E-state index in [-0.39, 0.29) is 6.67 Å². The summed E-state index contributed by atoms with van der Waals surface area (Å²) < 4.78 is 11.8. The van der Waals surface area contributed by atoms with Gasteiger partial charge in [-0.25, -0.2) is 0 Å². The van der Waals surface area contributed by atoms with E-state index in [0.29, 0.717) is 6.42 Å². The van der Waals surface area contributed by atoms with E-state index in [4.69, 9.17) is 5.21 Å². The maximum Gasteiger partial charge on any atom is 0.0906 e. The van der Waals surface area contributed by atoms with Gasteiger partial charge in [-0.2, -0.15) is 0 Å². The lowest BCUT2D eigenvalue weighted by atomic mass is 10.1. The molecule has 1 saturated heterocycles. The summed E-state index contributed by atoms with van der Waals surface area (Å²) in [4.78, 5) is 2.20. The summed E-state index contributed by atoms with van der Waals surface area (Å²) in [7, 11) is 0. The topological polar surface area (TPSA) is 35.8 Å². The van der Waals surface area contributed by atoms with Gasteiger partial charge >= 0.3 is 0 Å². The van der Waals surface area contributed by atoms with Gasteiger partial charge in [-0.05, 0) is 6.42 Å². The second-order valence-electron chi connectivity index (χ2n) is 3.05. The third kappa shape index (κ3) is 2.77. The molecule has 0 radical (unpaired) electrons. The van der Waals surface area contributed by atoms with Gasteiger partial charge in [0.05, 0.1) is 12.4 Å². The van der Waals surface area contributed by atoms with Crippen LogP contribution in [0.5, 0.6) is 0 Å². The SMILES string of the molecule is ON=C1CCN(CCCF)CC1. The maximum atomic E-state index is 11.8. The molecule has 1 fully saturated rings. The Kier molecular flexibility index (Phi) is 4.00. The Bertz CT molecular complexity index is 151. The van der Waals surface area contributed by atoms with Crippen LogP contribution < -0.4 is 0 Å². The van der Waals surface area contributed by atoms with Gasteiger partial charge < -0.3 is 10.1 Å². The molecule has 0 unspecified atom stereocenters. The van der Waals surface area contributed by atoms with Crippen molar-refractivity contribution in [2.75, 3.05) is 26.3 Å². The zero-order valence-corrected chi connectivity index (χ0v) is 7.17. The average molecular weight is 174 g/mol. The first-order valence-electron chi connectivity index (χ1n) is 4.35. The summed E-state index contributed by atoms with van der Waals surface area (Å²) >= 11 is 0. The van der Waals surface area contributed by atoms with E-state index >= 15 is 0 Å². The smallest absolute Gasteiger partial charge is 0.0906 e. The highest BCUT2D eigenvalue weighted by atomic mass is 19.1. The lowest BCUT2D eigenvalue weighted by molar-refractivity contribution is 0.251. The van der Waals surface area contributed by atoms with Crippen molar-refractivity contribution in [1.29, 1.82) is 0 Å². The van der Waals surface area contributed by atoms with Crippen LogP contribution in [0.2, 0.25) is 0 Å². The molecule has 0 saturated carbocycles. The van der Waals surface area contributed by atoms with Gasteiger partial charge in [0.2, 0.25) is 0 Å². The average Bonchev–Trinajstić information content (AvgIpc) is 2.15. The molecule has 0 amide bonds. The summed E-state index contributed by atoms with van der Waals surface area (Å²) in [6, 6.07) is 0. The number of piperidine rings is 1. The Morgan fingerprint density at radius 2 is 2.08 bits per heavy atom. The molecule has 0 atom stereocenters. The van der Waals surface area contributed by atoms with Crippen LogP contribution in [0.1, 0.15) is 19.3 Å². The van der Waals surface area contributed by atoms with Gasteiger partial charge in [-0.15, -0.1) is 0 Å². The van der Waals surface area contributed by atoms with Gasteiger partial charge in [0, 0.05) is 32.5 Å². The minimum atomic E-state index is -0.239. The summed E-state index contributed by atoms with van der Waals surface area (Å²) in [5.41, 5.74) is 0.867. The highest BCUT2D eigenvalue weighted by Gasteiger charge is 2.14. The normalized spacial score (nSPS) is 19.6.